The van der Waals surface area contributed by atoms with Gasteiger partial charge < -0.3 is 47.4 Å². The minimum atomic E-state index is -1.69. The summed E-state index contributed by atoms with van der Waals surface area (Å²) in [5, 5.41) is -1.17. The van der Waals surface area contributed by atoms with Crippen LogP contribution >= 0.6 is 15.9 Å². The molecule has 10 atom stereocenters. The zero-order valence-electron chi connectivity index (χ0n) is 25.0. The molecule has 2 heterocycles. The minimum Gasteiger partial charge on any atom is -0.463 e. The summed E-state index contributed by atoms with van der Waals surface area (Å²) in [5.41, 5.74) is 0. The highest BCUT2D eigenvalue weighted by Crippen LogP contribution is 2.36. The van der Waals surface area contributed by atoms with Gasteiger partial charge in [-0.25, -0.2) is 0 Å². The number of esters is 7. The van der Waals surface area contributed by atoms with Crippen molar-refractivity contribution in [2.24, 2.45) is 0 Å². The quantitative estimate of drug-likeness (QED) is 0.158. The summed E-state index contributed by atoms with van der Waals surface area (Å²) in [6, 6.07) is 0. The number of alkyl halides is 1. The van der Waals surface area contributed by atoms with Gasteiger partial charge in [-0.1, -0.05) is 15.9 Å². The smallest absolute Gasteiger partial charge is 0.303 e. The van der Waals surface area contributed by atoms with E-state index in [-0.39, 0.29) is 0 Å². The summed E-state index contributed by atoms with van der Waals surface area (Å²) < 4.78 is 55.0. The molecule has 2 fully saturated rings. The van der Waals surface area contributed by atoms with Gasteiger partial charge in [0.1, 0.15) is 36.5 Å². The molecule has 0 bridgehead atoms. The number of rotatable bonds is 11. The van der Waals surface area contributed by atoms with Crippen molar-refractivity contribution in [1.82, 2.24) is 0 Å². The van der Waals surface area contributed by atoms with Gasteiger partial charge in [-0.2, -0.15) is 0 Å². The summed E-state index contributed by atoms with van der Waals surface area (Å²) in [6.45, 7) is 6.66. The first-order chi connectivity index (χ1) is 20.5. The molecule has 0 saturated carbocycles. The molecular weight excluding hydrogens is 664 g/mol. The van der Waals surface area contributed by atoms with Crippen molar-refractivity contribution in [3.05, 3.63) is 0 Å². The number of carbonyl (C=O) groups is 7. The molecule has 0 N–H and O–H groups in total. The van der Waals surface area contributed by atoms with Gasteiger partial charge in [0.15, 0.2) is 36.8 Å². The first kappa shape index (κ1) is 36.8. The fraction of sp³-hybridized carbons (Fsp3) is 0.731. The van der Waals surface area contributed by atoms with E-state index in [2.05, 4.69) is 15.9 Å². The van der Waals surface area contributed by atoms with Crippen molar-refractivity contribution in [2.45, 2.75) is 109 Å². The molecule has 2 saturated heterocycles. The summed E-state index contributed by atoms with van der Waals surface area (Å²) in [6.07, 6.45) is -13.0. The van der Waals surface area contributed by atoms with Gasteiger partial charge in [0.25, 0.3) is 0 Å². The molecule has 2 rings (SSSR count). The molecule has 2 aliphatic heterocycles. The zero-order valence-corrected chi connectivity index (χ0v) is 26.6. The van der Waals surface area contributed by atoms with Crippen molar-refractivity contribution in [3.63, 3.8) is 0 Å². The van der Waals surface area contributed by atoms with Gasteiger partial charge in [-0.15, -0.1) is 0 Å². The van der Waals surface area contributed by atoms with Crippen molar-refractivity contribution in [3.8, 4) is 0 Å². The van der Waals surface area contributed by atoms with E-state index in [0.717, 1.165) is 48.5 Å². The van der Waals surface area contributed by atoms with Crippen LogP contribution in [0.4, 0.5) is 0 Å². The SMILES string of the molecule is CC(=O)OC[C@@H]1OC(Br)[C@H](O[C@@H]2O[C@H](COC(C)=O)[C@@H](OC(C)=O)[C@H](OC(C)=O)[C@H]2OC(C)=O)[C@@H](OC(C)=O)[C@H]1OC(C)=O. The lowest BCUT2D eigenvalue weighted by Crippen LogP contribution is -2.66. The Balaban J connectivity index is 2.59. The highest BCUT2D eigenvalue weighted by molar-refractivity contribution is 9.09. The second-order valence-corrected chi connectivity index (χ2v) is 10.5. The number of carbonyl (C=O) groups excluding carboxylic acids is 7. The Kier molecular flexibility index (Phi) is 13.9. The van der Waals surface area contributed by atoms with Crippen LogP contribution in [0.15, 0.2) is 0 Å². The monoisotopic (exact) mass is 698 g/mol. The van der Waals surface area contributed by atoms with Crippen LogP contribution in [0.2, 0.25) is 0 Å². The number of halogens is 1. The molecule has 18 heteroatoms. The molecule has 0 radical (unpaired) electrons. The van der Waals surface area contributed by atoms with E-state index in [9.17, 15) is 33.6 Å². The van der Waals surface area contributed by atoms with E-state index in [1.54, 1.807) is 0 Å². The largest absolute Gasteiger partial charge is 0.463 e. The van der Waals surface area contributed by atoms with Gasteiger partial charge in [-0.3, -0.25) is 33.6 Å². The van der Waals surface area contributed by atoms with Crippen LogP contribution in [0.5, 0.6) is 0 Å². The molecule has 17 nitrogen and oxygen atoms in total. The van der Waals surface area contributed by atoms with E-state index in [4.69, 9.17) is 47.4 Å². The summed E-state index contributed by atoms with van der Waals surface area (Å²) in [4.78, 5) is 83.6. The third-order valence-electron chi connectivity index (χ3n) is 5.87. The van der Waals surface area contributed by atoms with Gasteiger partial charge >= 0.3 is 41.8 Å². The topological polar surface area (TPSA) is 212 Å². The second kappa shape index (κ2) is 16.6. The maximum absolute atomic E-state index is 12.2. The third-order valence-corrected chi connectivity index (χ3v) is 6.61. The highest BCUT2D eigenvalue weighted by atomic mass is 79.9. The number of ether oxygens (including phenoxy) is 10. The van der Waals surface area contributed by atoms with Gasteiger partial charge in [0.2, 0.25) is 0 Å². The summed E-state index contributed by atoms with van der Waals surface area (Å²) in [5.74, 6) is -5.59. The maximum atomic E-state index is 12.2. The van der Waals surface area contributed by atoms with Gasteiger partial charge in [0, 0.05) is 48.5 Å². The van der Waals surface area contributed by atoms with Crippen LogP contribution in [-0.2, 0) is 80.9 Å². The van der Waals surface area contributed by atoms with Crippen LogP contribution < -0.4 is 0 Å². The van der Waals surface area contributed by atoms with E-state index < -0.39 is 115 Å². The van der Waals surface area contributed by atoms with Crippen LogP contribution in [0.1, 0.15) is 48.5 Å². The molecule has 0 amide bonds. The fourth-order valence-electron chi connectivity index (χ4n) is 4.46. The molecule has 0 aromatic rings. The lowest BCUT2D eigenvalue weighted by Gasteiger charge is -2.48. The van der Waals surface area contributed by atoms with E-state index in [1.165, 1.54) is 0 Å². The zero-order chi connectivity index (χ0) is 33.3. The molecule has 0 aromatic heterocycles. The van der Waals surface area contributed by atoms with Gasteiger partial charge in [0.05, 0.1) is 0 Å². The third kappa shape index (κ3) is 11.0. The molecule has 1 unspecified atom stereocenters. The molecule has 44 heavy (non-hydrogen) atoms. The second-order valence-electron chi connectivity index (χ2n) is 9.64. The standard InChI is InChI=1S/C26H35BrO17/c1-10(28)35-8-17-19(37-12(3)30)21(39-14(5)32)23(25(27)42-17)44-26-24(41-16(7)34)22(40-15(6)33)20(38-13(4)31)18(43-26)9-36-11(2)29/h17-26H,8-9H2,1-7H3/t17-,18+,19-,20+,21-,22-,23+,24+,25?,26-/m0/s1. The lowest BCUT2D eigenvalue weighted by molar-refractivity contribution is -0.337. The average molecular weight is 699 g/mol. The average Bonchev–Trinajstić information content (AvgIpc) is 2.87. The van der Waals surface area contributed by atoms with Crippen molar-refractivity contribution < 1.29 is 80.9 Å². The molecule has 2 aliphatic rings. The predicted molar refractivity (Wildman–Crippen MR) is 142 cm³/mol. The van der Waals surface area contributed by atoms with E-state index in [0.29, 0.717) is 0 Å². The fourth-order valence-corrected chi connectivity index (χ4v) is 5.16. The normalized spacial score (nSPS) is 31.5. The Bertz CT molecular complexity index is 1090. The first-order valence-electron chi connectivity index (χ1n) is 13.2. The number of hydrogen-bond acceptors (Lipinski definition) is 17. The molecule has 0 aliphatic carbocycles. The lowest BCUT2D eigenvalue weighted by atomic mass is 9.96. The first-order valence-corrected chi connectivity index (χ1v) is 14.1. The van der Waals surface area contributed by atoms with Crippen molar-refractivity contribution in [1.29, 1.82) is 0 Å². The van der Waals surface area contributed by atoms with Crippen molar-refractivity contribution in [2.75, 3.05) is 13.2 Å². The van der Waals surface area contributed by atoms with E-state index in [1.807, 2.05) is 0 Å². The van der Waals surface area contributed by atoms with E-state index >= 15 is 0 Å². The minimum absolute atomic E-state index is 0.404. The Labute approximate surface area is 260 Å². The van der Waals surface area contributed by atoms with Crippen molar-refractivity contribution >= 4 is 57.7 Å². The Hall–Kier alpha value is -3.35. The molecular formula is C26H35BrO17. The van der Waals surface area contributed by atoms with Crippen LogP contribution in [0.3, 0.4) is 0 Å². The number of hydrogen-bond donors (Lipinski definition) is 0. The summed E-state index contributed by atoms with van der Waals surface area (Å²) >= 11 is 3.28. The van der Waals surface area contributed by atoms with Crippen LogP contribution in [0.25, 0.3) is 0 Å². The maximum Gasteiger partial charge on any atom is 0.303 e. The highest BCUT2D eigenvalue weighted by Gasteiger charge is 2.57. The Morgan fingerprint density at radius 1 is 0.477 bits per heavy atom. The Morgan fingerprint density at radius 3 is 1.20 bits per heavy atom. The van der Waals surface area contributed by atoms with Crippen LogP contribution in [0, 0.1) is 0 Å². The molecule has 0 spiro atoms. The Morgan fingerprint density at radius 2 is 0.818 bits per heavy atom. The van der Waals surface area contributed by atoms with Crippen LogP contribution in [-0.4, -0.2) is 115 Å². The molecule has 248 valence electrons. The molecule has 0 aromatic carbocycles. The van der Waals surface area contributed by atoms with Gasteiger partial charge in [-0.05, 0) is 0 Å². The summed E-state index contributed by atoms with van der Waals surface area (Å²) in [7, 11) is 0. The predicted octanol–water partition coefficient (Wildman–Crippen LogP) is 0.00100.